The summed E-state index contributed by atoms with van der Waals surface area (Å²) in [7, 11) is 0. The molecule has 0 unspecified atom stereocenters. The zero-order valence-corrected chi connectivity index (χ0v) is 22.0. The molecular weight excluding hydrogens is 503 g/mol. The van der Waals surface area contributed by atoms with Gasteiger partial charge in [0.25, 0.3) is 5.91 Å². The van der Waals surface area contributed by atoms with E-state index in [1.54, 1.807) is 0 Å². The lowest BCUT2D eigenvalue weighted by Crippen LogP contribution is -2.39. The van der Waals surface area contributed by atoms with Crippen molar-refractivity contribution in [3.8, 4) is 0 Å². The van der Waals surface area contributed by atoms with E-state index in [9.17, 15) is 4.79 Å². The van der Waals surface area contributed by atoms with Gasteiger partial charge in [0.2, 0.25) is 0 Å². The predicted molar refractivity (Wildman–Crippen MR) is 142 cm³/mol. The van der Waals surface area contributed by atoms with Crippen molar-refractivity contribution >= 4 is 45.8 Å². The zero-order chi connectivity index (χ0) is 22.0. The number of benzene rings is 1. The standard InChI is InChI=1S/C25H41IN2OS/c1-3-4-5-6-7-8-9-10-11-12-13-14-15-16-19-27-25(30)28-24(29)22-18-17-21(2)23(26)20-22/h17-18,20H,3-16,19H2,1-2H3,(H2,27,28,29,30). The Balaban J connectivity index is 1.92. The molecule has 0 spiro atoms. The highest BCUT2D eigenvalue weighted by Gasteiger charge is 2.08. The number of carbonyl (C=O) groups is 1. The van der Waals surface area contributed by atoms with Crippen molar-refractivity contribution in [1.29, 1.82) is 0 Å². The van der Waals surface area contributed by atoms with E-state index in [1.165, 1.54) is 89.0 Å². The molecule has 0 saturated heterocycles. The first-order valence-electron chi connectivity index (χ1n) is 11.9. The van der Waals surface area contributed by atoms with Crippen molar-refractivity contribution < 1.29 is 4.79 Å². The number of nitrogens with one attached hydrogen (secondary N) is 2. The van der Waals surface area contributed by atoms with E-state index in [0.29, 0.717) is 10.7 Å². The molecule has 170 valence electrons. The molecule has 30 heavy (non-hydrogen) atoms. The average molecular weight is 545 g/mol. The lowest BCUT2D eigenvalue weighted by atomic mass is 10.0. The summed E-state index contributed by atoms with van der Waals surface area (Å²) in [5, 5.41) is 6.34. The van der Waals surface area contributed by atoms with Crippen LogP contribution in [0.5, 0.6) is 0 Å². The third-order valence-electron chi connectivity index (χ3n) is 5.48. The molecule has 3 nitrogen and oxygen atoms in total. The maximum atomic E-state index is 12.2. The topological polar surface area (TPSA) is 41.1 Å². The van der Waals surface area contributed by atoms with Crippen molar-refractivity contribution in [3.63, 3.8) is 0 Å². The summed E-state index contributed by atoms with van der Waals surface area (Å²) in [6.07, 6.45) is 19.0. The van der Waals surface area contributed by atoms with E-state index >= 15 is 0 Å². The zero-order valence-electron chi connectivity index (χ0n) is 19.0. The number of rotatable bonds is 16. The second-order valence-corrected chi connectivity index (χ2v) is 9.84. The molecule has 1 amide bonds. The summed E-state index contributed by atoms with van der Waals surface area (Å²) in [5.74, 6) is -0.147. The predicted octanol–water partition coefficient (Wildman–Crippen LogP) is 7.69. The van der Waals surface area contributed by atoms with Crippen LogP contribution in [0.25, 0.3) is 0 Å². The SMILES string of the molecule is CCCCCCCCCCCCCCCCNC(=S)NC(=O)c1ccc(C)c(I)c1. The van der Waals surface area contributed by atoms with Crippen LogP contribution in [-0.4, -0.2) is 17.6 Å². The van der Waals surface area contributed by atoms with Crippen molar-refractivity contribution in [2.75, 3.05) is 6.54 Å². The smallest absolute Gasteiger partial charge is 0.257 e. The van der Waals surface area contributed by atoms with Crippen LogP contribution in [0.3, 0.4) is 0 Å². The molecule has 5 heteroatoms. The number of thiocarbonyl (C=S) groups is 1. The van der Waals surface area contributed by atoms with Crippen molar-refractivity contribution in [3.05, 3.63) is 32.9 Å². The Morgan fingerprint density at radius 3 is 1.87 bits per heavy atom. The Morgan fingerprint density at radius 2 is 1.37 bits per heavy atom. The van der Waals surface area contributed by atoms with Gasteiger partial charge in [-0.15, -0.1) is 0 Å². The summed E-state index contributed by atoms with van der Waals surface area (Å²) in [4.78, 5) is 12.2. The van der Waals surface area contributed by atoms with Crippen molar-refractivity contribution in [2.24, 2.45) is 0 Å². The Bertz CT molecular complexity index is 621. The Kier molecular flexibility index (Phi) is 16.3. The Labute approximate surface area is 203 Å². The molecule has 1 rings (SSSR count). The third kappa shape index (κ3) is 13.6. The van der Waals surface area contributed by atoms with Crippen LogP contribution in [0.1, 0.15) is 113 Å². The van der Waals surface area contributed by atoms with Gasteiger partial charge in [-0.3, -0.25) is 10.1 Å². The normalized spacial score (nSPS) is 10.8. The maximum Gasteiger partial charge on any atom is 0.257 e. The summed E-state index contributed by atoms with van der Waals surface area (Å²) in [6, 6.07) is 5.69. The number of halogens is 1. The average Bonchev–Trinajstić information content (AvgIpc) is 2.72. The first kappa shape index (κ1) is 27.3. The van der Waals surface area contributed by atoms with Gasteiger partial charge >= 0.3 is 0 Å². The lowest BCUT2D eigenvalue weighted by molar-refractivity contribution is 0.0976. The molecule has 0 bridgehead atoms. The number of unbranched alkanes of at least 4 members (excludes halogenated alkanes) is 13. The second kappa shape index (κ2) is 17.9. The van der Waals surface area contributed by atoms with Crippen LogP contribution in [0.15, 0.2) is 18.2 Å². The van der Waals surface area contributed by atoms with Crippen LogP contribution < -0.4 is 10.6 Å². The maximum absolute atomic E-state index is 12.2. The number of hydrogen-bond acceptors (Lipinski definition) is 2. The van der Waals surface area contributed by atoms with Gasteiger partial charge < -0.3 is 5.32 Å². The van der Waals surface area contributed by atoms with Crippen LogP contribution in [-0.2, 0) is 0 Å². The van der Waals surface area contributed by atoms with Crippen LogP contribution in [0.2, 0.25) is 0 Å². The largest absolute Gasteiger partial charge is 0.362 e. The molecular formula is C25H41IN2OS. The van der Waals surface area contributed by atoms with E-state index < -0.39 is 0 Å². The fraction of sp³-hybridized carbons (Fsp3) is 0.680. The molecule has 0 atom stereocenters. The first-order valence-corrected chi connectivity index (χ1v) is 13.4. The summed E-state index contributed by atoms with van der Waals surface area (Å²) >= 11 is 7.49. The van der Waals surface area contributed by atoms with Gasteiger partial charge in [-0.25, -0.2) is 0 Å². The molecule has 0 aliphatic carbocycles. The van der Waals surface area contributed by atoms with Gasteiger partial charge in [-0.1, -0.05) is 96.5 Å². The van der Waals surface area contributed by atoms with Gasteiger partial charge in [0.15, 0.2) is 5.11 Å². The molecule has 0 aromatic heterocycles. The van der Waals surface area contributed by atoms with Crippen LogP contribution in [0, 0.1) is 10.5 Å². The van der Waals surface area contributed by atoms with Crippen molar-refractivity contribution in [1.82, 2.24) is 10.6 Å². The quantitative estimate of drug-likeness (QED) is 0.127. The molecule has 0 aliphatic rings. The number of aryl methyl sites for hydroxylation is 1. The molecule has 0 fully saturated rings. The minimum absolute atomic E-state index is 0.147. The van der Waals surface area contributed by atoms with Gasteiger partial charge in [-0.05, 0) is 65.8 Å². The van der Waals surface area contributed by atoms with Gasteiger partial charge in [0.1, 0.15) is 0 Å². The van der Waals surface area contributed by atoms with E-state index in [2.05, 4.69) is 40.1 Å². The summed E-state index contributed by atoms with van der Waals surface area (Å²) in [5.41, 5.74) is 1.82. The molecule has 1 aromatic rings. The number of hydrogen-bond donors (Lipinski definition) is 2. The highest BCUT2D eigenvalue weighted by atomic mass is 127. The van der Waals surface area contributed by atoms with Crippen molar-refractivity contribution in [2.45, 2.75) is 104 Å². The first-order chi connectivity index (χ1) is 14.5. The Morgan fingerprint density at radius 1 is 0.867 bits per heavy atom. The monoisotopic (exact) mass is 544 g/mol. The summed E-state index contributed by atoms with van der Waals surface area (Å²) in [6.45, 7) is 5.13. The summed E-state index contributed by atoms with van der Waals surface area (Å²) < 4.78 is 1.08. The fourth-order valence-corrected chi connectivity index (χ4v) is 4.19. The molecule has 0 radical (unpaired) electrons. The highest BCUT2D eigenvalue weighted by molar-refractivity contribution is 14.1. The van der Waals surface area contributed by atoms with Gasteiger partial charge in [0.05, 0.1) is 0 Å². The van der Waals surface area contributed by atoms with E-state index in [-0.39, 0.29) is 5.91 Å². The lowest BCUT2D eigenvalue weighted by Gasteiger charge is -2.10. The minimum atomic E-state index is -0.147. The van der Waals surface area contributed by atoms with Crippen LogP contribution >= 0.6 is 34.8 Å². The minimum Gasteiger partial charge on any atom is -0.362 e. The highest BCUT2D eigenvalue weighted by Crippen LogP contribution is 2.14. The van der Waals surface area contributed by atoms with Gasteiger partial charge in [0, 0.05) is 15.7 Å². The number of carbonyl (C=O) groups excluding carboxylic acids is 1. The molecule has 2 N–H and O–H groups in total. The van der Waals surface area contributed by atoms with E-state index in [4.69, 9.17) is 12.2 Å². The van der Waals surface area contributed by atoms with E-state index in [1.807, 2.05) is 25.1 Å². The molecule has 0 aliphatic heterocycles. The second-order valence-electron chi connectivity index (χ2n) is 8.27. The Hall–Kier alpha value is -0.690. The molecule has 1 aromatic carbocycles. The fourth-order valence-electron chi connectivity index (χ4n) is 3.48. The third-order valence-corrected chi connectivity index (χ3v) is 6.89. The van der Waals surface area contributed by atoms with Gasteiger partial charge in [-0.2, -0.15) is 0 Å². The number of amides is 1. The molecule has 0 heterocycles. The molecule has 0 saturated carbocycles. The van der Waals surface area contributed by atoms with Crippen LogP contribution in [0.4, 0.5) is 0 Å². The van der Waals surface area contributed by atoms with E-state index in [0.717, 1.165) is 16.5 Å².